The Hall–Kier alpha value is -3.55. The second-order valence-electron chi connectivity index (χ2n) is 6.50. The first kappa shape index (κ1) is 20.2. The van der Waals surface area contributed by atoms with Gasteiger partial charge in [0.1, 0.15) is 17.2 Å². The zero-order valence-corrected chi connectivity index (χ0v) is 16.4. The minimum atomic E-state index is -0.377. The van der Waals surface area contributed by atoms with Crippen LogP contribution in [0.1, 0.15) is 5.56 Å². The summed E-state index contributed by atoms with van der Waals surface area (Å²) in [4.78, 5) is 27.1. The first-order valence-corrected chi connectivity index (χ1v) is 9.21. The van der Waals surface area contributed by atoms with E-state index >= 15 is 0 Å². The van der Waals surface area contributed by atoms with E-state index in [1.807, 2.05) is 11.0 Å². The molecule has 2 aromatic carbocycles. The lowest BCUT2D eigenvalue weighted by molar-refractivity contribution is -0.384. The summed E-state index contributed by atoms with van der Waals surface area (Å²) in [5.41, 5.74) is 1.45. The largest absolute Gasteiger partial charge is 0.497 e. The van der Waals surface area contributed by atoms with Crippen molar-refractivity contribution in [2.24, 2.45) is 0 Å². The molecule has 1 heterocycles. The fraction of sp³-hybridized carbons (Fsp3) is 0.286. The number of para-hydroxylation sites is 2. The van der Waals surface area contributed by atoms with Gasteiger partial charge in [0.25, 0.3) is 5.69 Å². The number of nitro groups is 1. The monoisotopic (exact) mass is 397 g/mol. The van der Waals surface area contributed by atoms with Crippen LogP contribution in [0.3, 0.4) is 0 Å². The molecule has 0 bridgehead atoms. The van der Waals surface area contributed by atoms with Crippen LogP contribution in [0.5, 0.6) is 11.5 Å². The van der Waals surface area contributed by atoms with E-state index in [0.717, 1.165) is 5.56 Å². The molecule has 0 N–H and O–H groups in total. The smallest absolute Gasteiger partial charge is 0.292 e. The van der Waals surface area contributed by atoms with E-state index < -0.39 is 0 Å². The molecule has 0 aliphatic carbocycles. The lowest BCUT2D eigenvalue weighted by Crippen LogP contribution is -2.48. The number of ether oxygens (including phenoxy) is 2. The third-order valence-corrected chi connectivity index (χ3v) is 4.86. The van der Waals surface area contributed by atoms with Crippen molar-refractivity contribution in [1.29, 1.82) is 0 Å². The number of piperazine rings is 1. The van der Waals surface area contributed by atoms with Crippen molar-refractivity contribution < 1.29 is 19.2 Å². The second-order valence-corrected chi connectivity index (χ2v) is 6.50. The van der Waals surface area contributed by atoms with Crippen LogP contribution in [-0.2, 0) is 4.79 Å². The number of hydrogen-bond acceptors (Lipinski definition) is 6. The third-order valence-electron chi connectivity index (χ3n) is 4.86. The summed E-state index contributed by atoms with van der Waals surface area (Å²) in [6, 6.07) is 12.1. The maximum Gasteiger partial charge on any atom is 0.292 e. The minimum absolute atomic E-state index is 0.0822. The Kier molecular flexibility index (Phi) is 6.33. The molecule has 152 valence electrons. The molecule has 0 radical (unpaired) electrons. The van der Waals surface area contributed by atoms with Crippen LogP contribution in [0.25, 0.3) is 6.08 Å². The van der Waals surface area contributed by atoms with Crippen LogP contribution in [0.15, 0.2) is 48.5 Å². The Balaban J connectivity index is 1.64. The predicted octanol–water partition coefficient (Wildman–Crippen LogP) is 2.97. The number of nitrogens with zero attached hydrogens (tertiary/aromatic N) is 3. The topological polar surface area (TPSA) is 85.2 Å². The molecular weight excluding hydrogens is 374 g/mol. The van der Waals surface area contributed by atoms with Gasteiger partial charge in [-0.15, -0.1) is 0 Å². The van der Waals surface area contributed by atoms with Crippen LogP contribution in [-0.4, -0.2) is 56.1 Å². The van der Waals surface area contributed by atoms with E-state index in [4.69, 9.17) is 9.47 Å². The highest BCUT2D eigenvalue weighted by Gasteiger charge is 2.24. The highest BCUT2D eigenvalue weighted by atomic mass is 16.6. The predicted molar refractivity (Wildman–Crippen MR) is 110 cm³/mol. The van der Waals surface area contributed by atoms with Crippen molar-refractivity contribution in [1.82, 2.24) is 4.90 Å². The first-order chi connectivity index (χ1) is 14.0. The van der Waals surface area contributed by atoms with E-state index in [-0.39, 0.29) is 16.5 Å². The van der Waals surface area contributed by atoms with Crippen LogP contribution >= 0.6 is 0 Å². The molecule has 1 amide bonds. The van der Waals surface area contributed by atoms with E-state index in [1.54, 1.807) is 55.5 Å². The van der Waals surface area contributed by atoms with Crippen molar-refractivity contribution in [2.45, 2.75) is 0 Å². The van der Waals surface area contributed by atoms with Crippen LogP contribution < -0.4 is 14.4 Å². The molecule has 1 saturated heterocycles. The molecule has 29 heavy (non-hydrogen) atoms. The summed E-state index contributed by atoms with van der Waals surface area (Å²) >= 11 is 0. The maximum absolute atomic E-state index is 12.6. The van der Waals surface area contributed by atoms with Gasteiger partial charge in [-0.3, -0.25) is 14.9 Å². The van der Waals surface area contributed by atoms with E-state index in [0.29, 0.717) is 43.4 Å². The molecule has 0 unspecified atom stereocenters. The molecule has 8 nitrogen and oxygen atoms in total. The van der Waals surface area contributed by atoms with E-state index in [9.17, 15) is 14.9 Å². The first-order valence-electron chi connectivity index (χ1n) is 9.21. The summed E-state index contributed by atoms with van der Waals surface area (Å²) in [7, 11) is 3.15. The molecule has 0 atom stereocenters. The summed E-state index contributed by atoms with van der Waals surface area (Å²) < 4.78 is 10.5. The van der Waals surface area contributed by atoms with Gasteiger partial charge in [0.2, 0.25) is 5.91 Å². The molecule has 0 aromatic heterocycles. The Labute approximate surface area is 169 Å². The number of methoxy groups -OCH3 is 2. The maximum atomic E-state index is 12.6. The molecule has 8 heteroatoms. The number of hydrogen-bond donors (Lipinski definition) is 0. The van der Waals surface area contributed by atoms with Crippen molar-refractivity contribution in [2.75, 3.05) is 45.3 Å². The summed E-state index contributed by atoms with van der Waals surface area (Å²) in [5.74, 6) is 1.19. The average Bonchev–Trinajstić information content (AvgIpc) is 2.77. The van der Waals surface area contributed by atoms with Crippen molar-refractivity contribution in [3.8, 4) is 11.5 Å². The number of benzene rings is 2. The Morgan fingerprint density at radius 1 is 1.07 bits per heavy atom. The molecule has 3 rings (SSSR count). The number of amides is 1. The number of rotatable bonds is 6. The lowest BCUT2D eigenvalue weighted by Gasteiger charge is -2.35. The zero-order chi connectivity index (χ0) is 20.8. The van der Waals surface area contributed by atoms with E-state index in [2.05, 4.69) is 0 Å². The fourth-order valence-electron chi connectivity index (χ4n) is 3.28. The standard InChI is InChI=1S/C21H23N3O5/c1-28-17-9-7-16(20(15-17)29-2)8-10-21(25)23-13-11-22(12-14-23)18-5-3-4-6-19(18)24(26)27/h3-10,15H,11-14H2,1-2H3/b10-8+. The quantitative estimate of drug-likeness (QED) is 0.423. The highest BCUT2D eigenvalue weighted by Crippen LogP contribution is 2.28. The molecule has 1 aliphatic rings. The van der Waals surface area contributed by atoms with Crippen molar-refractivity contribution in [3.05, 3.63) is 64.2 Å². The summed E-state index contributed by atoms with van der Waals surface area (Å²) in [6.07, 6.45) is 3.24. The number of nitro benzene ring substituents is 1. The lowest BCUT2D eigenvalue weighted by atomic mass is 10.1. The Bertz CT molecular complexity index is 920. The normalized spacial score (nSPS) is 14.1. The van der Waals surface area contributed by atoms with Gasteiger partial charge in [0.15, 0.2) is 0 Å². The number of anilines is 1. The Morgan fingerprint density at radius 3 is 2.45 bits per heavy atom. The fourth-order valence-corrected chi connectivity index (χ4v) is 3.28. The Morgan fingerprint density at radius 2 is 1.79 bits per heavy atom. The van der Waals surface area contributed by atoms with Gasteiger partial charge in [0, 0.05) is 50.0 Å². The third kappa shape index (κ3) is 4.66. The van der Waals surface area contributed by atoms with E-state index in [1.165, 1.54) is 12.1 Å². The average molecular weight is 397 g/mol. The molecule has 0 spiro atoms. The molecular formula is C21H23N3O5. The minimum Gasteiger partial charge on any atom is -0.497 e. The van der Waals surface area contributed by atoms with Crippen molar-refractivity contribution >= 4 is 23.4 Å². The molecule has 1 aliphatic heterocycles. The number of carbonyl (C=O) groups is 1. The van der Waals surface area contributed by atoms with Gasteiger partial charge >= 0.3 is 0 Å². The van der Waals surface area contributed by atoms with Gasteiger partial charge in [0.05, 0.1) is 19.1 Å². The second kappa shape index (κ2) is 9.09. The van der Waals surface area contributed by atoms with Gasteiger partial charge in [-0.2, -0.15) is 0 Å². The van der Waals surface area contributed by atoms with Gasteiger partial charge in [-0.1, -0.05) is 12.1 Å². The molecule has 1 fully saturated rings. The summed E-state index contributed by atoms with van der Waals surface area (Å²) in [6.45, 7) is 2.07. The SMILES string of the molecule is COc1ccc(/C=C/C(=O)N2CCN(c3ccccc3[N+](=O)[O-])CC2)c(OC)c1. The molecule has 2 aromatic rings. The van der Waals surface area contributed by atoms with Crippen molar-refractivity contribution in [3.63, 3.8) is 0 Å². The summed E-state index contributed by atoms with van der Waals surface area (Å²) in [5, 5.41) is 11.2. The highest BCUT2D eigenvalue weighted by molar-refractivity contribution is 5.92. The van der Waals surface area contributed by atoms with Gasteiger partial charge in [-0.05, 0) is 24.3 Å². The van der Waals surface area contributed by atoms with Gasteiger partial charge < -0.3 is 19.3 Å². The van der Waals surface area contributed by atoms with Crippen LogP contribution in [0.4, 0.5) is 11.4 Å². The van der Waals surface area contributed by atoms with Gasteiger partial charge in [-0.25, -0.2) is 0 Å². The molecule has 0 saturated carbocycles. The zero-order valence-electron chi connectivity index (χ0n) is 16.4. The van der Waals surface area contributed by atoms with Crippen LogP contribution in [0.2, 0.25) is 0 Å². The van der Waals surface area contributed by atoms with Crippen LogP contribution in [0, 0.1) is 10.1 Å². The number of carbonyl (C=O) groups excluding carboxylic acids is 1.